The topological polar surface area (TPSA) is 117 Å². The molecular formula is C25H29N7O4. The first-order valence-corrected chi connectivity index (χ1v) is 12.1. The lowest BCUT2D eigenvalue weighted by Crippen LogP contribution is -2.51. The van der Waals surface area contributed by atoms with E-state index in [0.717, 1.165) is 29.8 Å². The Hall–Kier alpha value is -3.54. The lowest BCUT2D eigenvalue weighted by atomic mass is 9.89. The van der Waals surface area contributed by atoms with Crippen LogP contribution in [0.2, 0.25) is 0 Å². The molecule has 2 N–H and O–H groups in total. The molecule has 2 fully saturated rings. The number of carbonyl (C=O) groups excluding carboxylic acids is 1. The van der Waals surface area contributed by atoms with Crippen LogP contribution in [0.25, 0.3) is 28.3 Å². The van der Waals surface area contributed by atoms with Crippen molar-refractivity contribution in [2.45, 2.75) is 37.1 Å². The maximum Gasteiger partial charge on any atom is 0.257 e. The van der Waals surface area contributed by atoms with Gasteiger partial charge in [0.15, 0.2) is 5.65 Å². The van der Waals surface area contributed by atoms with Crippen LogP contribution in [-0.4, -0.2) is 82.8 Å². The molecule has 5 heterocycles. The fraction of sp³-hybridized carbons (Fsp3) is 0.440. The molecule has 36 heavy (non-hydrogen) atoms. The second-order valence-corrected chi connectivity index (χ2v) is 9.21. The molecule has 0 aromatic carbocycles. The standard InChI is InChI=1S/C25H29N7O4/c1-26-22-9-18(29-24-16(11-28-32(22)24)25(33)30-17-6-7-20(17)34-2)15-10-27-23-14(15)5-4-8-31(23)19-12-36-13-21(19)35-3/h4-5,8-11,17,19-21,26H,6-7,12-13H2,1-3H3,(H,30,33)/t17-,19+,20-,21+/m0/s1. The van der Waals surface area contributed by atoms with Crippen LogP contribution in [0.5, 0.6) is 0 Å². The number of nitrogens with zero attached hydrogens (tertiary/aromatic N) is 5. The molecule has 0 unspecified atom stereocenters. The lowest BCUT2D eigenvalue weighted by molar-refractivity contribution is 0.00732. The number of pyridine rings is 1. The van der Waals surface area contributed by atoms with Gasteiger partial charge in [-0.25, -0.2) is 9.97 Å². The van der Waals surface area contributed by atoms with Crippen LogP contribution in [0.3, 0.4) is 0 Å². The Morgan fingerprint density at radius 3 is 2.75 bits per heavy atom. The van der Waals surface area contributed by atoms with Gasteiger partial charge in [0, 0.05) is 50.9 Å². The minimum atomic E-state index is -0.210. The zero-order chi connectivity index (χ0) is 24.8. The van der Waals surface area contributed by atoms with Gasteiger partial charge in [0.2, 0.25) is 0 Å². The van der Waals surface area contributed by atoms with Crippen LogP contribution in [-0.2, 0) is 14.2 Å². The quantitative estimate of drug-likeness (QED) is 0.404. The molecule has 0 spiro atoms. The number of anilines is 1. The first kappa shape index (κ1) is 22.9. The average Bonchev–Trinajstić information content (AvgIpc) is 3.63. The number of methoxy groups -OCH3 is 2. The number of hydrogen-bond donors (Lipinski definition) is 2. The van der Waals surface area contributed by atoms with E-state index in [1.54, 1.807) is 24.9 Å². The van der Waals surface area contributed by atoms with E-state index in [1.165, 1.54) is 0 Å². The highest BCUT2D eigenvalue weighted by Crippen LogP contribution is 2.37. The summed E-state index contributed by atoms with van der Waals surface area (Å²) in [5.74, 6) is 1.34. The molecule has 11 heteroatoms. The normalized spacial score (nSPS) is 23.8. The molecule has 1 aliphatic carbocycles. The van der Waals surface area contributed by atoms with Crippen molar-refractivity contribution in [3.8, 4) is 22.6 Å². The second kappa shape index (κ2) is 9.16. The fourth-order valence-electron chi connectivity index (χ4n) is 5.14. The van der Waals surface area contributed by atoms with E-state index in [9.17, 15) is 4.79 Å². The minimum Gasteiger partial charge on any atom is -0.379 e. The summed E-state index contributed by atoms with van der Waals surface area (Å²) < 4.78 is 20.5. The van der Waals surface area contributed by atoms with Gasteiger partial charge in [-0.3, -0.25) is 4.79 Å². The molecule has 4 atom stereocenters. The summed E-state index contributed by atoms with van der Waals surface area (Å²) in [5, 5.41) is 10.7. The van der Waals surface area contributed by atoms with Crippen molar-refractivity contribution in [3.05, 3.63) is 42.4 Å². The van der Waals surface area contributed by atoms with E-state index in [-0.39, 0.29) is 30.2 Å². The van der Waals surface area contributed by atoms with E-state index in [0.29, 0.717) is 35.9 Å². The van der Waals surface area contributed by atoms with E-state index in [1.807, 2.05) is 37.6 Å². The summed E-state index contributed by atoms with van der Waals surface area (Å²) in [7, 11) is 5.19. The zero-order valence-corrected chi connectivity index (χ0v) is 20.5. The van der Waals surface area contributed by atoms with Crippen LogP contribution in [0.1, 0.15) is 29.2 Å². The van der Waals surface area contributed by atoms with Crippen molar-refractivity contribution < 1.29 is 19.0 Å². The van der Waals surface area contributed by atoms with Gasteiger partial charge in [0.05, 0.1) is 43.3 Å². The Balaban J connectivity index is 1.38. The fourth-order valence-corrected chi connectivity index (χ4v) is 5.14. The molecule has 2 aromatic heterocycles. The van der Waals surface area contributed by atoms with Gasteiger partial charge in [0.25, 0.3) is 5.91 Å². The Bertz CT molecular complexity index is 1380. The van der Waals surface area contributed by atoms with Gasteiger partial charge in [-0.15, -0.1) is 0 Å². The molecule has 1 saturated heterocycles. The molecule has 2 aromatic rings. The van der Waals surface area contributed by atoms with E-state index in [2.05, 4.69) is 20.3 Å². The Morgan fingerprint density at radius 2 is 2.00 bits per heavy atom. The van der Waals surface area contributed by atoms with Crippen molar-refractivity contribution in [1.29, 1.82) is 0 Å². The summed E-state index contributed by atoms with van der Waals surface area (Å²) in [6, 6.07) is 5.98. The number of fused-ring (bicyclic) bond motifs is 2. The molecule has 188 valence electrons. The Morgan fingerprint density at radius 1 is 1.14 bits per heavy atom. The average molecular weight is 492 g/mol. The summed E-state index contributed by atoms with van der Waals surface area (Å²) in [6.07, 6.45) is 7.24. The number of ether oxygens (including phenoxy) is 3. The third-order valence-corrected chi connectivity index (χ3v) is 7.34. The number of rotatable bonds is 7. The molecule has 1 saturated carbocycles. The molecule has 6 rings (SSSR count). The third kappa shape index (κ3) is 3.62. The first-order valence-electron chi connectivity index (χ1n) is 12.1. The predicted molar refractivity (Wildman–Crippen MR) is 132 cm³/mol. The van der Waals surface area contributed by atoms with Gasteiger partial charge < -0.3 is 29.4 Å². The second-order valence-electron chi connectivity index (χ2n) is 9.21. The highest BCUT2D eigenvalue weighted by molar-refractivity contribution is 6.00. The van der Waals surface area contributed by atoms with Gasteiger partial charge in [0.1, 0.15) is 23.3 Å². The van der Waals surface area contributed by atoms with Gasteiger partial charge in [-0.05, 0) is 25.0 Å². The van der Waals surface area contributed by atoms with Crippen LogP contribution < -0.4 is 10.6 Å². The van der Waals surface area contributed by atoms with Gasteiger partial charge >= 0.3 is 0 Å². The van der Waals surface area contributed by atoms with Gasteiger partial charge in [-0.2, -0.15) is 9.61 Å². The molecule has 3 aliphatic heterocycles. The van der Waals surface area contributed by atoms with Crippen molar-refractivity contribution in [2.24, 2.45) is 0 Å². The number of carbonyl (C=O) groups is 1. The highest BCUT2D eigenvalue weighted by Gasteiger charge is 2.34. The van der Waals surface area contributed by atoms with Crippen LogP contribution in [0, 0.1) is 0 Å². The van der Waals surface area contributed by atoms with E-state index >= 15 is 0 Å². The zero-order valence-electron chi connectivity index (χ0n) is 20.5. The molecule has 0 bridgehead atoms. The van der Waals surface area contributed by atoms with Crippen molar-refractivity contribution >= 4 is 17.4 Å². The summed E-state index contributed by atoms with van der Waals surface area (Å²) in [5.41, 5.74) is 3.42. The minimum absolute atomic E-state index is 0.00133. The smallest absolute Gasteiger partial charge is 0.257 e. The number of hydrogen-bond acceptors (Lipinski definition) is 8. The van der Waals surface area contributed by atoms with Crippen LogP contribution in [0.4, 0.5) is 5.82 Å². The largest absolute Gasteiger partial charge is 0.379 e. The summed E-state index contributed by atoms with van der Waals surface area (Å²) in [6.45, 7) is 1.12. The number of nitrogens with one attached hydrogen (secondary N) is 2. The maximum atomic E-state index is 13.1. The van der Waals surface area contributed by atoms with Crippen LogP contribution >= 0.6 is 0 Å². The lowest BCUT2D eigenvalue weighted by Gasteiger charge is -2.35. The van der Waals surface area contributed by atoms with Crippen LogP contribution in [0.15, 0.2) is 36.8 Å². The highest BCUT2D eigenvalue weighted by atomic mass is 16.5. The van der Waals surface area contributed by atoms with Gasteiger partial charge in [-0.1, -0.05) is 0 Å². The predicted octanol–water partition coefficient (Wildman–Crippen LogP) is 2.23. The SMILES string of the molecule is CNc1cc(-c2cnc3n([C@@H]4COC[C@H]4OC)cccc2-3)nc2c(C(=O)N[C@H]3CC[C@@H]3OC)cnn12. The summed E-state index contributed by atoms with van der Waals surface area (Å²) >= 11 is 0. The maximum absolute atomic E-state index is 13.1. The molecule has 0 radical (unpaired) electrons. The number of aromatic nitrogens is 5. The molecular weight excluding hydrogens is 462 g/mol. The number of amides is 1. The first-order chi connectivity index (χ1) is 17.6. The van der Waals surface area contributed by atoms with Crippen molar-refractivity contribution in [2.75, 3.05) is 39.8 Å². The third-order valence-electron chi connectivity index (χ3n) is 7.34. The Labute approximate surface area is 208 Å². The molecule has 1 amide bonds. The van der Waals surface area contributed by atoms with E-state index in [4.69, 9.17) is 24.2 Å². The summed E-state index contributed by atoms with van der Waals surface area (Å²) in [4.78, 5) is 22.7. The van der Waals surface area contributed by atoms with Crippen molar-refractivity contribution in [1.82, 2.24) is 29.5 Å². The van der Waals surface area contributed by atoms with Crippen molar-refractivity contribution in [3.63, 3.8) is 0 Å². The van der Waals surface area contributed by atoms with E-state index < -0.39 is 0 Å². The monoisotopic (exact) mass is 491 g/mol. The molecule has 11 nitrogen and oxygen atoms in total. The Kier molecular flexibility index (Phi) is 5.82. The molecule has 4 aliphatic rings.